The van der Waals surface area contributed by atoms with Gasteiger partial charge in [0, 0.05) is 37.5 Å². The van der Waals surface area contributed by atoms with E-state index in [1.807, 2.05) is 0 Å². The molecular formula is C23H17F3N6O5S. The van der Waals surface area contributed by atoms with E-state index in [2.05, 4.69) is 15.3 Å². The van der Waals surface area contributed by atoms with Crippen molar-refractivity contribution in [2.45, 2.75) is 11.2 Å². The highest BCUT2D eigenvalue weighted by Gasteiger charge is 2.30. The molecule has 11 nitrogen and oxygen atoms in total. The number of aryl methyl sites for hydroxylation is 1. The average molecular weight is 546 g/mol. The van der Waals surface area contributed by atoms with Crippen molar-refractivity contribution in [2.75, 3.05) is 11.1 Å². The number of carbonyl (C=O) groups is 1. The van der Waals surface area contributed by atoms with Crippen LogP contribution >= 0.6 is 11.8 Å². The molecule has 0 unspecified atom stereocenters. The minimum Gasteiger partial charge on any atom is -0.325 e. The number of aromatic nitrogens is 4. The summed E-state index contributed by atoms with van der Waals surface area (Å²) < 4.78 is 40.9. The first kappa shape index (κ1) is 26.5. The van der Waals surface area contributed by atoms with Crippen LogP contribution in [0.25, 0.3) is 22.4 Å². The van der Waals surface area contributed by atoms with Gasteiger partial charge in [-0.1, -0.05) is 17.8 Å². The molecule has 2 aromatic heterocycles. The van der Waals surface area contributed by atoms with E-state index >= 15 is 0 Å². The Balaban J connectivity index is 1.71. The zero-order chi connectivity index (χ0) is 27.8. The Kier molecular flexibility index (Phi) is 7.04. The lowest BCUT2D eigenvalue weighted by Gasteiger charge is -2.12. The number of hydrogen-bond donors (Lipinski definition) is 1. The number of nitrogens with zero attached hydrogens (tertiary/aromatic N) is 5. The number of rotatable bonds is 6. The highest BCUT2D eigenvalue weighted by atomic mass is 32.2. The summed E-state index contributed by atoms with van der Waals surface area (Å²) in [7, 11) is 2.66. The monoisotopic (exact) mass is 546 g/mol. The molecule has 15 heteroatoms. The molecular weight excluding hydrogens is 529 g/mol. The number of anilines is 1. The molecule has 2 heterocycles. The second-order valence-electron chi connectivity index (χ2n) is 7.98. The Hall–Kier alpha value is -4.53. The highest BCUT2D eigenvalue weighted by molar-refractivity contribution is 8.00. The Morgan fingerprint density at radius 3 is 2.39 bits per heavy atom. The molecule has 0 aliphatic carbocycles. The van der Waals surface area contributed by atoms with Crippen molar-refractivity contribution in [3.05, 3.63) is 85.0 Å². The molecule has 2 aromatic carbocycles. The molecule has 0 radical (unpaired) electrons. The molecule has 0 bridgehead atoms. The topological polar surface area (TPSA) is 142 Å². The molecule has 0 aliphatic rings. The Bertz CT molecular complexity index is 1700. The fraction of sp³-hybridized carbons (Fsp3) is 0.174. The van der Waals surface area contributed by atoms with Crippen molar-refractivity contribution < 1.29 is 22.9 Å². The molecule has 1 amide bonds. The standard InChI is InChI=1S/C23H17F3N6O5S/c1-30-19-17(21(34)31(2)22(30)35)20(29-18(28-19)12-6-8-15(9-7-12)32(36)37)38-11-16(33)27-14-5-3-4-13(10-14)23(24,25)26/h3-10H,11H2,1-2H3,(H,27,33). The van der Waals surface area contributed by atoms with Crippen molar-refractivity contribution in [3.63, 3.8) is 0 Å². The van der Waals surface area contributed by atoms with Crippen LogP contribution in [0.5, 0.6) is 0 Å². The van der Waals surface area contributed by atoms with E-state index in [-0.39, 0.29) is 39.0 Å². The third-order valence-electron chi connectivity index (χ3n) is 5.42. The molecule has 4 rings (SSSR count). The van der Waals surface area contributed by atoms with Gasteiger partial charge < -0.3 is 5.32 Å². The number of fused-ring (bicyclic) bond motifs is 1. The maximum absolute atomic E-state index is 13.0. The van der Waals surface area contributed by atoms with Gasteiger partial charge in [0.25, 0.3) is 11.2 Å². The van der Waals surface area contributed by atoms with Gasteiger partial charge in [-0.25, -0.2) is 14.8 Å². The summed E-state index contributed by atoms with van der Waals surface area (Å²) in [6.07, 6.45) is -4.58. The molecule has 0 saturated heterocycles. The van der Waals surface area contributed by atoms with Gasteiger partial charge in [-0.05, 0) is 30.3 Å². The van der Waals surface area contributed by atoms with E-state index in [1.165, 1.54) is 44.4 Å². The lowest BCUT2D eigenvalue weighted by atomic mass is 10.2. The largest absolute Gasteiger partial charge is 0.416 e. The first-order valence-corrected chi connectivity index (χ1v) is 11.7. The van der Waals surface area contributed by atoms with Gasteiger partial charge in [-0.2, -0.15) is 13.2 Å². The van der Waals surface area contributed by atoms with E-state index in [9.17, 15) is 37.7 Å². The van der Waals surface area contributed by atoms with Crippen LogP contribution < -0.4 is 16.6 Å². The lowest BCUT2D eigenvalue weighted by Crippen LogP contribution is -2.37. The van der Waals surface area contributed by atoms with Crippen molar-refractivity contribution in [2.24, 2.45) is 14.1 Å². The van der Waals surface area contributed by atoms with Crippen LogP contribution in [0.1, 0.15) is 5.56 Å². The zero-order valence-corrected chi connectivity index (χ0v) is 20.5. The third-order valence-corrected chi connectivity index (χ3v) is 6.39. The quantitative estimate of drug-likeness (QED) is 0.168. The molecule has 0 spiro atoms. The maximum Gasteiger partial charge on any atom is 0.416 e. The van der Waals surface area contributed by atoms with E-state index in [0.29, 0.717) is 5.56 Å². The molecule has 4 aromatic rings. The number of hydrogen-bond acceptors (Lipinski definition) is 8. The summed E-state index contributed by atoms with van der Waals surface area (Å²) in [5, 5.41) is 13.4. The normalized spacial score (nSPS) is 11.5. The van der Waals surface area contributed by atoms with Gasteiger partial charge in [-0.15, -0.1) is 0 Å². The number of nitro benzene ring substituents is 1. The predicted octanol–water partition coefficient (Wildman–Crippen LogP) is 3.35. The van der Waals surface area contributed by atoms with Gasteiger partial charge in [0.1, 0.15) is 10.4 Å². The molecule has 0 saturated carbocycles. The van der Waals surface area contributed by atoms with Crippen molar-refractivity contribution in [1.82, 2.24) is 19.1 Å². The molecule has 0 atom stereocenters. The fourth-order valence-electron chi connectivity index (χ4n) is 3.50. The van der Waals surface area contributed by atoms with Crippen LogP contribution in [0.3, 0.4) is 0 Å². The minimum absolute atomic E-state index is 0.0257. The predicted molar refractivity (Wildman–Crippen MR) is 133 cm³/mol. The summed E-state index contributed by atoms with van der Waals surface area (Å²) in [6, 6.07) is 9.39. The number of amides is 1. The molecule has 0 aliphatic heterocycles. The smallest absolute Gasteiger partial charge is 0.325 e. The number of thioether (sulfide) groups is 1. The second-order valence-corrected chi connectivity index (χ2v) is 8.94. The lowest BCUT2D eigenvalue weighted by molar-refractivity contribution is -0.384. The average Bonchev–Trinajstić information content (AvgIpc) is 2.88. The summed E-state index contributed by atoms with van der Waals surface area (Å²) in [5.74, 6) is -0.968. The number of alkyl halides is 3. The number of carbonyl (C=O) groups excluding carboxylic acids is 1. The highest BCUT2D eigenvalue weighted by Crippen LogP contribution is 2.31. The Morgan fingerprint density at radius 2 is 1.76 bits per heavy atom. The zero-order valence-electron chi connectivity index (χ0n) is 19.6. The first-order valence-electron chi connectivity index (χ1n) is 10.7. The van der Waals surface area contributed by atoms with Gasteiger partial charge in [0.2, 0.25) is 5.91 Å². The van der Waals surface area contributed by atoms with E-state index < -0.39 is 33.8 Å². The number of nitro groups is 1. The molecule has 196 valence electrons. The van der Waals surface area contributed by atoms with E-state index in [0.717, 1.165) is 39.1 Å². The Morgan fingerprint density at radius 1 is 1.08 bits per heavy atom. The van der Waals surface area contributed by atoms with Crippen LogP contribution in [-0.4, -0.2) is 35.7 Å². The van der Waals surface area contributed by atoms with Gasteiger partial charge >= 0.3 is 11.9 Å². The second kappa shape index (κ2) is 10.1. The van der Waals surface area contributed by atoms with Crippen LogP contribution in [-0.2, 0) is 25.1 Å². The van der Waals surface area contributed by atoms with Crippen LogP contribution in [0, 0.1) is 10.1 Å². The summed E-state index contributed by atoms with van der Waals surface area (Å²) in [6.45, 7) is 0. The maximum atomic E-state index is 13.0. The van der Waals surface area contributed by atoms with Crippen LogP contribution in [0.4, 0.5) is 24.5 Å². The summed E-state index contributed by atoms with van der Waals surface area (Å²) in [5.41, 5.74) is -2.21. The van der Waals surface area contributed by atoms with Gasteiger partial charge in [-0.3, -0.25) is 28.8 Å². The Labute approximate surface area is 215 Å². The number of nitrogens with one attached hydrogen (secondary N) is 1. The SMILES string of the molecule is Cn1c(=O)c2c(SCC(=O)Nc3cccc(C(F)(F)F)c3)nc(-c3ccc([N+](=O)[O-])cc3)nc2n(C)c1=O. The molecule has 1 N–H and O–H groups in total. The molecule has 0 fully saturated rings. The fourth-order valence-corrected chi connectivity index (χ4v) is 4.31. The number of non-ortho nitro benzene ring substituents is 1. The first-order chi connectivity index (χ1) is 17.9. The number of benzene rings is 2. The minimum atomic E-state index is -4.58. The summed E-state index contributed by atoms with van der Waals surface area (Å²) in [4.78, 5) is 57.1. The van der Waals surface area contributed by atoms with E-state index in [4.69, 9.17) is 0 Å². The third kappa shape index (κ3) is 5.27. The summed E-state index contributed by atoms with van der Waals surface area (Å²) >= 11 is 0.819. The molecule has 38 heavy (non-hydrogen) atoms. The van der Waals surface area contributed by atoms with Gasteiger partial charge in [0.05, 0.1) is 16.2 Å². The van der Waals surface area contributed by atoms with Crippen molar-refractivity contribution in [1.29, 1.82) is 0 Å². The number of halogens is 3. The van der Waals surface area contributed by atoms with Crippen molar-refractivity contribution in [3.8, 4) is 11.4 Å². The van der Waals surface area contributed by atoms with Crippen LogP contribution in [0.15, 0.2) is 63.1 Å². The van der Waals surface area contributed by atoms with E-state index in [1.54, 1.807) is 0 Å². The van der Waals surface area contributed by atoms with Crippen molar-refractivity contribution >= 4 is 40.1 Å². The van der Waals surface area contributed by atoms with Gasteiger partial charge in [0.15, 0.2) is 11.5 Å². The van der Waals surface area contributed by atoms with Crippen LogP contribution in [0.2, 0.25) is 0 Å².